The normalized spacial score (nSPS) is 11.9. The minimum Gasteiger partial charge on any atom is -0.497 e. The Morgan fingerprint density at radius 3 is 2.83 bits per heavy atom. The fourth-order valence-corrected chi connectivity index (χ4v) is 2.30. The summed E-state index contributed by atoms with van der Waals surface area (Å²) in [6, 6.07) is 11.4. The predicted octanol–water partition coefficient (Wildman–Crippen LogP) is 3.25. The van der Waals surface area contributed by atoms with Crippen molar-refractivity contribution in [1.29, 1.82) is 0 Å². The number of methoxy groups -OCH3 is 1. The molecule has 0 fully saturated rings. The van der Waals surface area contributed by atoms with Crippen LogP contribution in [0, 0.1) is 0 Å². The van der Waals surface area contributed by atoms with Gasteiger partial charge in [0.1, 0.15) is 5.75 Å². The van der Waals surface area contributed by atoms with Gasteiger partial charge in [-0.05, 0) is 36.1 Å². The largest absolute Gasteiger partial charge is 0.497 e. The SMILES string of the molecule is COc1cccc([C@@H](C)NC(=O)c2cccs2)c1. The van der Waals surface area contributed by atoms with Gasteiger partial charge in [0, 0.05) is 0 Å². The number of thiophene rings is 1. The van der Waals surface area contributed by atoms with Crippen LogP contribution in [-0.2, 0) is 0 Å². The zero-order valence-corrected chi connectivity index (χ0v) is 11.2. The van der Waals surface area contributed by atoms with Gasteiger partial charge >= 0.3 is 0 Å². The van der Waals surface area contributed by atoms with Gasteiger partial charge in [-0.15, -0.1) is 11.3 Å². The van der Waals surface area contributed by atoms with Crippen LogP contribution < -0.4 is 10.1 Å². The van der Waals surface area contributed by atoms with Crippen LogP contribution in [0.3, 0.4) is 0 Å². The second-order valence-electron chi connectivity index (χ2n) is 3.95. The predicted molar refractivity (Wildman–Crippen MR) is 73.2 cm³/mol. The number of hydrogen-bond donors (Lipinski definition) is 1. The standard InChI is InChI=1S/C14H15NO2S/c1-10(11-5-3-6-12(9-11)17-2)15-14(16)13-7-4-8-18-13/h3-10H,1-2H3,(H,15,16)/t10-/m1/s1. The van der Waals surface area contributed by atoms with Gasteiger partial charge in [-0.1, -0.05) is 18.2 Å². The molecular weight excluding hydrogens is 246 g/mol. The fraction of sp³-hybridized carbons (Fsp3) is 0.214. The molecule has 94 valence electrons. The summed E-state index contributed by atoms with van der Waals surface area (Å²) in [5.74, 6) is 0.755. The van der Waals surface area contributed by atoms with Gasteiger partial charge in [-0.3, -0.25) is 4.79 Å². The molecule has 1 aromatic heterocycles. The lowest BCUT2D eigenvalue weighted by atomic mass is 10.1. The molecule has 0 aliphatic heterocycles. The zero-order chi connectivity index (χ0) is 13.0. The van der Waals surface area contributed by atoms with Crippen LogP contribution in [0.1, 0.15) is 28.2 Å². The molecule has 0 spiro atoms. The second-order valence-corrected chi connectivity index (χ2v) is 4.90. The lowest BCUT2D eigenvalue weighted by Crippen LogP contribution is -2.25. The number of ether oxygens (including phenoxy) is 1. The fourth-order valence-electron chi connectivity index (χ4n) is 1.67. The number of nitrogens with one attached hydrogen (secondary N) is 1. The first-order chi connectivity index (χ1) is 8.70. The van der Waals surface area contributed by atoms with Crippen molar-refractivity contribution >= 4 is 17.2 Å². The van der Waals surface area contributed by atoms with E-state index in [1.54, 1.807) is 7.11 Å². The third-order valence-corrected chi connectivity index (χ3v) is 3.55. The van der Waals surface area contributed by atoms with Crippen molar-refractivity contribution < 1.29 is 9.53 Å². The lowest BCUT2D eigenvalue weighted by molar-refractivity contribution is 0.0944. The molecule has 0 aliphatic carbocycles. The Morgan fingerprint density at radius 2 is 2.17 bits per heavy atom. The Kier molecular flexibility index (Phi) is 3.99. The molecule has 0 aliphatic rings. The Labute approximate surface area is 110 Å². The second kappa shape index (κ2) is 5.69. The molecule has 0 saturated heterocycles. The number of amides is 1. The Balaban J connectivity index is 2.07. The molecule has 1 N–H and O–H groups in total. The number of carbonyl (C=O) groups excluding carboxylic acids is 1. The van der Waals surface area contributed by atoms with E-state index in [0.717, 1.165) is 16.2 Å². The molecule has 1 heterocycles. The van der Waals surface area contributed by atoms with Crippen molar-refractivity contribution in [3.05, 3.63) is 52.2 Å². The molecule has 2 aromatic rings. The van der Waals surface area contributed by atoms with E-state index < -0.39 is 0 Å². The molecule has 3 nitrogen and oxygen atoms in total. The summed E-state index contributed by atoms with van der Waals surface area (Å²) in [7, 11) is 1.63. The van der Waals surface area contributed by atoms with Crippen molar-refractivity contribution in [2.75, 3.05) is 7.11 Å². The van der Waals surface area contributed by atoms with Crippen molar-refractivity contribution in [3.63, 3.8) is 0 Å². The van der Waals surface area contributed by atoms with E-state index in [9.17, 15) is 4.79 Å². The third-order valence-electron chi connectivity index (χ3n) is 2.69. The third kappa shape index (κ3) is 2.90. The first-order valence-corrected chi connectivity index (χ1v) is 6.57. The smallest absolute Gasteiger partial charge is 0.261 e. The average Bonchev–Trinajstić information content (AvgIpc) is 2.92. The minimum atomic E-state index is -0.0466. The van der Waals surface area contributed by atoms with Crippen molar-refractivity contribution in [2.45, 2.75) is 13.0 Å². The maximum atomic E-state index is 11.9. The highest BCUT2D eigenvalue weighted by molar-refractivity contribution is 7.12. The Morgan fingerprint density at radius 1 is 1.33 bits per heavy atom. The van der Waals surface area contributed by atoms with E-state index in [0.29, 0.717) is 0 Å². The molecule has 1 atom stereocenters. The van der Waals surface area contributed by atoms with E-state index in [-0.39, 0.29) is 11.9 Å². The average molecular weight is 261 g/mol. The summed E-state index contributed by atoms with van der Waals surface area (Å²) < 4.78 is 5.17. The van der Waals surface area contributed by atoms with Gasteiger partial charge in [0.2, 0.25) is 0 Å². The lowest BCUT2D eigenvalue weighted by Gasteiger charge is -2.14. The summed E-state index contributed by atoms with van der Waals surface area (Å²) in [4.78, 5) is 12.6. The van der Waals surface area contributed by atoms with Gasteiger partial charge in [0.15, 0.2) is 0 Å². The molecule has 1 amide bonds. The van der Waals surface area contributed by atoms with Gasteiger partial charge in [-0.2, -0.15) is 0 Å². The van der Waals surface area contributed by atoms with Crippen molar-refractivity contribution in [3.8, 4) is 5.75 Å². The summed E-state index contributed by atoms with van der Waals surface area (Å²) in [6.45, 7) is 1.96. The van der Waals surface area contributed by atoms with Crippen LogP contribution in [0.4, 0.5) is 0 Å². The summed E-state index contributed by atoms with van der Waals surface area (Å²) in [5, 5.41) is 4.86. The highest BCUT2D eigenvalue weighted by atomic mass is 32.1. The van der Waals surface area contributed by atoms with Gasteiger partial charge in [0.05, 0.1) is 18.0 Å². The maximum Gasteiger partial charge on any atom is 0.261 e. The molecular formula is C14H15NO2S. The van der Waals surface area contributed by atoms with Crippen LogP contribution in [-0.4, -0.2) is 13.0 Å². The topological polar surface area (TPSA) is 38.3 Å². The maximum absolute atomic E-state index is 11.9. The van der Waals surface area contributed by atoms with Crippen LogP contribution in [0.15, 0.2) is 41.8 Å². The highest BCUT2D eigenvalue weighted by Crippen LogP contribution is 2.19. The van der Waals surface area contributed by atoms with E-state index in [2.05, 4.69) is 5.32 Å². The minimum absolute atomic E-state index is 0.0414. The number of benzene rings is 1. The van der Waals surface area contributed by atoms with Crippen LogP contribution in [0.25, 0.3) is 0 Å². The van der Waals surface area contributed by atoms with Crippen molar-refractivity contribution in [2.24, 2.45) is 0 Å². The molecule has 0 unspecified atom stereocenters. The molecule has 2 rings (SSSR count). The quantitative estimate of drug-likeness (QED) is 0.917. The van der Waals surface area contributed by atoms with E-state index in [1.807, 2.05) is 48.7 Å². The summed E-state index contributed by atoms with van der Waals surface area (Å²) >= 11 is 1.44. The molecule has 0 radical (unpaired) electrons. The molecule has 18 heavy (non-hydrogen) atoms. The van der Waals surface area contributed by atoms with Gasteiger partial charge in [0.25, 0.3) is 5.91 Å². The van der Waals surface area contributed by atoms with Gasteiger partial charge in [-0.25, -0.2) is 0 Å². The van der Waals surface area contributed by atoms with E-state index >= 15 is 0 Å². The van der Waals surface area contributed by atoms with Crippen LogP contribution in [0.2, 0.25) is 0 Å². The van der Waals surface area contributed by atoms with E-state index in [1.165, 1.54) is 11.3 Å². The Bertz CT molecular complexity index is 522. The zero-order valence-electron chi connectivity index (χ0n) is 10.3. The Hall–Kier alpha value is -1.81. The number of carbonyl (C=O) groups is 1. The number of hydrogen-bond acceptors (Lipinski definition) is 3. The summed E-state index contributed by atoms with van der Waals surface area (Å²) in [5.41, 5.74) is 1.03. The van der Waals surface area contributed by atoms with Gasteiger partial charge < -0.3 is 10.1 Å². The first-order valence-electron chi connectivity index (χ1n) is 5.69. The summed E-state index contributed by atoms with van der Waals surface area (Å²) in [6.07, 6.45) is 0. The van der Waals surface area contributed by atoms with Crippen LogP contribution >= 0.6 is 11.3 Å². The van der Waals surface area contributed by atoms with Crippen molar-refractivity contribution in [1.82, 2.24) is 5.32 Å². The first kappa shape index (κ1) is 12.6. The van der Waals surface area contributed by atoms with Crippen LogP contribution in [0.5, 0.6) is 5.75 Å². The highest BCUT2D eigenvalue weighted by Gasteiger charge is 2.12. The van der Waals surface area contributed by atoms with E-state index in [4.69, 9.17) is 4.74 Å². The molecule has 4 heteroatoms. The molecule has 0 bridgehead atoms. The molecule has 0 saturated carbocycles. The number of rotatable bonds is 4. The molecule has 1 aromatic carbocycles. The monoisotopic (exact) mass is 261 g/mol.